The normalized spacial score (nSPS) is 26.5. The highest BCUT2D eigenvalue weighted by Crippen LogP contribution is 2.61. The molecule has 3 aromatic rings. The van der Waals surface area contributed by atoms with E-state index in [2.05, 4.69) is 0 Å². The topological polar surface area (TPSA) is 99.6 Å². The van der Waals surface area contributed by atoms with Gasteiger partial charge in [0, 0.05) is 42.2 Å². The lowest BCUT2D eigenvalue weighted by atomic mass is 9.82. The molecule has 5 atom stereocenters. The summed E-state index contributed by atoms with van der Waals surface area (Å²) in [6.07, 6.45) is 0.102. The monoisotopic (exact) mass is 671 g/mol. The van der Waals surface area contributed by atoms with Gasteiger partial charge in [-0.2, -0.15) is 0 Å². The van der Waals surface area contributed by atoms with Crippen molar-refractivity contribution < 1.29 is 33.1 Å². The number of carbonyl (C=O) groups is 3. The number of aliphatic hydroxyl groups is 1. The van der Waals surface area contributed by atoms with Crippen LogP contribution in [0.3, 0.4) is 0 Å². The van der Waals surface area contributed by atoms with Crippen molar-refractivity contribution in [3.05, 3.63) is 89.0 Å². The van der Waals surface area contributed by atoms with E-state index in [0.717, 1.165) is 22.4 Å². The van der Waals surface area contributed by atoms with Gasteiger partial charge in [-0.25, -0.2) is 0 Å². The zero-order chi connectivity index (χ0) is 34.0. The number of hydrogen-bond acceptors (Lipinski definition) is 6. The van der Waals surface area contributed by atoms with Crippen LogP contribution in [-0.4, -0.2) is 68.5 Å². The number of ether oxygens (including phenoxy) is 2. The summed E-state index contributed by atoms with van der Waals surface area (Å²) in [5.74, 6) is -0.500. The van der Waals surface area contributed by atoms with Crippen LogP contribution in [0.1, 0.15) is 42.0 Å². The van der Waals surface area contributed by atoms with E-state index in [1.807, 2.05) is 61.5 Å². The second-order valence-electron chi connectivity index (χ2n) is 14.0. The summed E-state index contributed by atoms with van der Waals surface area (Å²) in [5, 5.41) is 10.2. The van der Waals surface area contributed by atoms with E-state index in [1.54, 1.807) is 47.0 Å². The van der Waals surface area contributed by atoms with Gasteiger partial charge >= 0.3 is 0 Å². The first-order valence-electron chi connectivity index (χ1n) is 16.7. The third-order valence-corrected chi connectivity index (χ3v) is 13.3. The van der Waals surface area contributed by atoms with Crippen molar-refractivity contribution in [2.75, 3.05) is 30.1 Å². The lowest BCUT2D eigenvalue weighted by Crippen LogP contribution is -2.48. The number of β-lactam (4-membered cyclic amide) rings is 1. The van der Waals surface area contributed by atoms with Crippen molar-refractivity contribution >= 4 is 37.5 Å². The van der Waals surface area contributed by atoms with E-state index >= 15 is 4.11 Å². The lowest BCUT2D eigenvalue weighted by Gasteiger charge is -2.37. The lowest BCUT2D eigenvalue weighted by molar-refractivity contribution is -0.151. The summed E-state index contributed by atoms with van der Waals surface area (Å²) in [5.41, 5.74) is 2.83. The fourth-order valence-electron chi connectivity index (χ4n) is 8.44. The average molecular weight is 672 g/mol. The van der Waals surface area contributed by atoms with Crippen molar-refractivity contribution in [2.24, 2.45) is 5.92 Å². The molecule has 1 N–H and O–H groups in total. The molecule has 0 bridgehead atoms. The number of carbonyl (C=O) groups excluding carboxylic acids is 3. The van der Waals surface area contributed by atoms with Crippen LogP contribution in [0.2, 0.25) is 18.6 Å². The molecule has 7 rings (SSSR count). The number of benzene rings is 3. The third-order valence-electron chi connectivity index (χ3n) is 10.8. The molecule has 4 aliphatic heterocycles. The predicted octanol–water partition coefficient (Wildman–Crippen LogP) is 5.09. The summed E-state index contributed by atoms with van der Waals surface area (Å²) < 4.78 is 28.9. The molecule has 0 aromatic heterocycles. The average Bonchev–Trinajstić information content (AvgIpc) is 3.49. The van der Waals surface area contributed by atoms with Crippen LogP contribution in [0.15, 0.2) is 66.7 Å². The minimum atomic E-state index is -3.52. The number of halogens is 1. The first kappa shape index (κ1) is 32.5. The van der Waals surface area contributed by atoms with E-state index in [0.29, 0.717) is 42.9 Å². The molecule has 0 saturated carbocycles. The SMILES string of the molecule is COc1ccc2c(c1)[C@@]1(O[C@H](CC(=O)N3Cc4ccccc4C[C@H]3CO)[C@@H]([Si](C)(C)F)[C@@H]1C)C(=O)N2Cc1cccc(N2CCC2=O)c1. The zero-order valence-electron chi connectivity index (χ0n) is 27.8. The molecule has 0 radical (unpaired) electrons. The summed E-state index contributed by atoms with van der Waals surface area (Å²) in [7, 11) is -1.96. The number of rotatable bonds is 8. The van der Waals surface area contributed by atoms with Crippen LogP contribution in [0.4, 0.5) is 15.5 Å². The highest BCUT2D eigenvalue weighted by molar-refractivity contribution is 6.72. The van der Waals surface area contributed by atoms with Crippen LogP contribution in [0.5, 0.6) is 5.75 Å². The number of methoxy groups -OCH3 is 1. The Balaban J connectivity index is 1.23. The van der Waals surface area contributed by atoms with Crippen molar-refractivity contribution in [2.45, 2.75) is 75.7 Å². The highest BCUT2D eigenvalue weighted by Gasteiger charge is 2.67. The molecule has 2 fully saturated rings. The Hall–Kier alpha value is -4.06. The minimum absolute atomic E-state index is 0.0673. The van der Waals surface area contributed by atoms with Crippen LogP contribution in [-0.2, 0) is 44.2 Å². The molecular formula is C37H42FN3O6Si. The molecule has 3 aromatic carbocycles. The molecular weight excluding hydrogens is 630 g/mol. The summed E-state index contributed by atoms with van der Waals surface area (Å²) in [4.78, 5) is 46.1. The molecule has 9 nitrogen and oxygen atoms in total. The molecule has 48 heavy (non-hydrogen) atoms. The van der Waals surface area contributed by atoms with Crippen molar-refractivity contribution in [1.82, 2.24) is 4.90 Å². The van der Waals surface area contributed by atoms with Crippen LogP contribution >= 0.6 is 0 Å². The second-order valence-corrected chi connectivity index (χ2v) is 17.8. The molecule has 4 aliphatic rings. The van der Waals surface area contributed by atoms with E-state index in [9.17, 15) is 19.5 Å². The molecule has 0 aliphatic carbocycles. The first-order valence-corrected chi connectivity index (χ1v) is 19.7. The number of aliphatic hydroxyl groups excluding tert-OH is 1. The number of nitrogens with zero attached hydrogens (tertiary/aromatic N) is 3. The van der Waals surface area contributed by atoms with Gasteiger partial charge in [0.1, 0.15) is 5.75 Å². The Bertz CT molecular complexity index is 1780. The van der Waals surface area contributed by atoms with Gasteiger partial charge in [-0.3, -0.25) is 14.4 Å². The number of fused-ring (bicyclic) bond motifs is 3. The Labute approximate surface area is 281 Å². The van der Waals surface area contributed by atoms with Gasteiger partial charge in [0.05, 0.1) is 44.5 Å². The Morgan fingerprint density at radius 1 is 1.08 bits per heavy atom. The maximum atomic E-state index is 16.5. The van der Waals surface area contributed by atoms with Gasteiger partial charge in [-0.15, -0.1) is 0 Å². The van der Waals surface area contributed by atoms with E-state index < -0.39 is 37.6 Å². The number of anilines is 2. The molecule has 2 saturated heterocycles. The molecule has 3 amide bonds. The van der Waals surface area contributed by atoms with E-state index in [-0.39, 0.29) is 37.3 Å². The first-order chi connectivity index (χ1) is 23.0. The quantitative estimate of drug-likeness (QED) is 0.204. The maximum absolute atomic E-state index is 16.5. The van der Waals surface area contributed by atoms with E-state index in [4.69, 9.17) is 9.47 Å². The Kier molecular flexibility index (Phi) is 8.20. The fourth-order valence-corrected chi connectivity index (χ4v) is 10.9. The summed E-state index contributed by atoms with van der Waals surface area (Å²) in [6.45, 7) is 6.16. The van der Waals surface area contributed by atoms with Gasteiger partial charge in [0.2, 0.25) is 20.2 Å². The Morgan fingerprint density at radius 3 is 2.52 bits per heavy atom. The predicted molar refractivity (Wildman–Crippen MR) is 182 cm³/mol. The van der Waals surface area contributed by atoms with Gasteiger partial charge < -0.3 is 33.4 Å². The van der Waals surface area contributed by atoms with Crippen molar-refractivity contribution in [1.29, 1.82) is 0 Å². The summed E-state index contributed by atoms with van der Waals surface area (Å²) >= 11 is 0. The minimum Gasteiger partial charge on any atom is -0.497 e. The fraction of sp³-hybridized carbons (Fsp3) is 0.432. The summed E-state index contributed by atoms with van der Waals surface area (Å²) in [6, 6.07) is 20.5. The number of amides is 3. The second kappa shape index (κ2) is 12.1. The smallest absolute Gasteiger partial charge is 0.264 e. The van der Waals surface area contributed by atoms with Crippen LogP contribution in [0.25, 0.3) is 0 Å². The molecule has 4 heterocycles. The third kappa shape index (κ3) is 5.23. The van der Waals surface area contributed by atoms with Gasteiger partial charge in [0.15, 0.2) is 5.60 Å². The Morgan fingerprint density at radius 2 is 1.85 bits per heavy atom. The standard InChI is InChI=1S/C37H42FN3O6Si/c1-23-35(48(3,4)38)32(19-34(44)40-21-26-10-6-5-9-25(26)17-28(40)22-42)47-37(23)30-18-29(46-2)12-13-31(30)41(36(37)45)20-24-8-7-11-27(16-24)39-15-14-33(39)43/h5-13,16,18,23,28,32,35,42H,14-15,17,19-22H2,1-4H3/t23-,28-,32+,35-,37+/m0/s1. The van der Waals surface area contributed by atoms with E-state index in [1.165, 1.54) is 0 Å². The maximum Gasteiger partial charge on any atom is 0.264 e. The zero-order valence-corrected chi connectivity index (χ0v) is 28.8. The van der Waals surface area contributed by atoms with Crippen molar-refractivity contribution in [3.63, 3.8) is 0 Å². The van der Waals surface area contributed by atoms with Crippen LogP contribution in [0, 0.1) is 5.92 Å². The molecule has 1 spiro atoms. The molecule has 252 valence electrons. The van der Waals surface area contributed by atoms with Gasteiger partial charge in [-0.1, -0.05) is 43.3 Å². The van der Waals surface area contributed by atoms with Crippen LogP contribution < -0.4 is 14.5 Å². The number of hydrogen-bond donors (Lipinski definition) is 1. The highest BCUT2D eigenvalue weighted by atomic mass is 28.4. The molecule has 11 heteroatoms. The largest absolute Gasteiger partial charge is 0.497 e. The van der Waals surface area contributed by atoms with Crippen molar-refractivity contribution in [3.8, 4) is 5.75 Å². The van der Waals surface area contributed by atoms with Gasteiger partial charge in [-0.05, 0) is 66.5 Å². The van der Waals surface area contributed by atoms with Gasteiger partial charge in [0.25, 0.3) is 5.91 Å². The molecule has 0 unspecified atom stereocenters.